The summed E-state index contributed by atoms with van der Waals surface area (Å²) in [5.74, 6) is 1.78. The summed E-state index contributed by atoms with van der Waals surface area (Å²) >= 11 is 0. The molecule has 5 heteroatoms. The maximum Gasteiger partial charge on any atom is 0.255 e. The highest BCUT2D eigenvalue weighted by atomic mass is 16.3. The summed E-state index contributed by atoms with van der Waals surface area (Å²) < 4.78 is 6.05. The molecular weight excluding hydrogens is 364 g/mol. The van der Waals surface area contributed by atoms with E-state index in [1.807, 2.05) is 67.3 Å². The SMILES string of the molecule is CC(C)C(=O)N1CCc2oc(-c3ccc(NC(=O)c4ccccc4)cc3)cc2C1. The molecule has 0 saturated heterocycles. The number of rotatable bonds is 4. The summed E-state index contributed by atoms with van der Waals surface area (Å²) in [4.78, 5) is 26.4. The molecule has 2 aromatic carbocycles. The minimum Gasteiger partial charge on any atom is -0.461 e. The van der Waals surface area contributed by atoms with Crippen LogP contribution >= 0.6 is 0 Å². The molecule has 4 rings (SSSR count). The molecule has 0 bridgehead atoms. The van der Waals surface area contributed by atoms with Crippen LogP contribution in [0.1, 0.15) is 35.5 Å². The smallest absolute Gasteiger partial charge is 0.255 e. The van der Waals surface area contributed by atoms with Gasteiger partial charge in [0.2, 0.25) is 5.91 Å². The number of furan rings is 1. The van der Waals surface area contributed by atoms with Crippen molar-refractivity contribution < 1.29 is 14.0 Å². The molecule has 1 aliphatic rings. The van der Waals surface area contributed by atoms with Gasteiger partial charge in [0.15, 0.2) is 0 Å². The fourth-order valence-corrected chi connectivity index (χ4v) is 3.54. The average Bonchev–Trinajstić information content (AvgIpc) is 3.17. The number of fused-ring (bicyclic) bond motifs is 1. The molecule has 0 atom stereocenters. The Morgan fingerprint density at radius 2 is 1.76 bits per heavy atom. The summed E-state index contributed by atoms with van der Waals surface area (Å²) in [5, 5.41) is 2.90. The Morgan fingerprint density at radius 3 is 2.45 bits per heavy atom. The van der Waals surface area contributed by atoms with Gasteiger partial charge in [-0.05, 0) is 42.5 Å². The third-order valence-electron chi connectivity index (χ3n) is 5.14. The van der Waals surface area contributed by atoms with Gasteiger partial charge in [0, 0.05) is 47.8 Å². The topological polar surface area (TPSA) is 62.6 Å². The minimum absolute atomic E-state index is 0.00145. The van der Waals surface area contributed by atoms with Gasteiger partial charge in [-0.1, -0.05) is 32.0 Å². The number of carbonyl (C=O) groups is 2. The number of hydrogen-bond acceptors (Lipinski definition) is 3. The van der Waals surface area contributed by atoms with E-state index in [9.17, 15) is 9.59 Å². The van der Waals surface area contributed by atoms with E-state index in [1.165, 1.54) is 0 Å². The highest BCUT2D eigenvalue weighted by Gasteiger charge is 2.25. The van der Waals surface area contributed by atoms with Gasteiger partial charge in [-0.15, -0.1) is 0 Å². The second kappa shape index (κ2) is 7.95. The highest BCUT2D eigenvalue weighted by molar-refractivity contribution is 6.04. The zero-order valence-corrected chi connectivity index (χ0v) is 16.6. The molecule has 0 fully saturated rings. The van der Waals surface area contributed by atoms with Crippen LogP contribution in [0.25, 0.3) is 11.3 Å². The van der Waals surface area contributed by atoms with Gasteiger partial charge in [0.05, 0.1) is 0 Å². The Bertz CT molecular complexity index is 1020. The summed E-state index contributed by atoms with van der Waals surface area (Å²) in [5.41, 5.74) is 3.36. The molecule has 5 nitrogen and oxygen atoms in total. The van der Waals surface area contributed by atoms with Crippen LogP contribution in [0.4, 0.5) is 5.69 Å². The second-order valence-corrected chi connectivity index (χ2v) is 7.62. The van der Waals surface area contributed by atoms with Crippen LogP contribution in [0.15, 0.2) is 65.1 Å². The molecule has 0 spiro atoms. The Morgan fingerprint density at radius 1 is 1.03 bits per heavy atom. The first-order valence-electron chi connectivity index (χ1n) is 9.88. The summed E-state index contributed by atoms with van der Waals surface area (Å²) in [6.45, 7) is 5.15. The van der Waals surface area contributed by atoms with Crippen molar-refractivity contribution in [1.29, 1.82) is 0 Å². The van der Waals surface area contributed by atoms with Gasteiger partial charge < -0.3 is 14.6 Å². The molecule has 1 N–H and O–H groups in total. The van der Waals surface area contributed by atoms with E-state index < -0.39 is 0 Å². The largest absolute Gasteiger partial charge is 0.461 e. The molecule has 2 amide bonds. The third-order valence-corrected chi connectivity index (χ3v) is 5.14. The Kier molecular flexibility index (Phi) is 5.21. The number of amides is 2. The van der Waals surface area contributed by atoms with Gasteiger partial charge in [-0.2, -0.15) is 0 Å². The summed E-state index contributed by atoms with van der Waals surface area (Å²) in [6.07, 6.45) is 0.735. The monoisotopic (exact) mass is 388 g/mol. The lowest BCUT2D eigenvalue weighted by atomic mass is 10.1. The molecule has 1 aromatic heterocycles. The van der Waals surface area contributed by atoms with Gasteiger partial charge in [0.1, 0.15) is 11.5 Å². The third kappa shape index (κ3) is 4.09. The standard InChI is InChI=1S/C24H24N2O3/c1-16(2)24(28)26-13-12-21-19(15-26)14-22(29-21)17-8-10-20(11-9-17)25-23(27)18-6-4-3-5-7-18/h3-11,14,16H,12-13,15H2,1-2H3,(H,25,27). The minimum atomic E-state index is -0.137. The van der Waals surface area contributed by atoms with Crippen molar-refractivity contribution in [3.63, 3.8) is 0 Å². The molecule has 0 aliphatic carbocycles. The Hall–Kier alpha value is -3.34. The van der Waals surface area contributed by atoms with E-state index in [0.717, 1.165) is 34.8 Å². The van der Waals surface area contributed by atoms with Crippen molar-refractivity contribution in [1.82, 2.24) is 4.90 Å². The van der Waals surface area contributed by atoms with Crippen LogP contribution in [-0.4, -0.2) is 23.3 Å². The van der Waals surface area contributed by atoms with Crippen LogP contribution in [-0.2, 0) is 17.8 Å². The first-order valence-corrected chi connectivity index (χ1v) is 9.88. The first kappa shape index (κ1) is 19.0. The summed E-state index contributed by atoms with van der Waals surface area (Å²) in [7, 11) is 0. The number of nitrogens with one attached hydrogen (secondary N) is 1. The molecule has 0 radical (unpaired) electrons. The fourth-order valence-electron chi connectivity index (χ4n) is 3.54. The van der Waals surface area contributed by atoms with Crippen molar-refractivity contribution in [3.8, 4) is 11.3 Å². The predicted octanol–water partition coefficient (Wildman–Crippen LogP) is 4.74. The van der Waals surface area contributed by atoms with Crippen LogP contribution < -0.4 is 5.32 Å². The lowest BCUT2D eigenvalue weighted by Gasteiger charge is -2.27. The molecule has 148 valence electrons. The quantitative estimate of drug-likeness (QED) is 0.702. The lowest BCUT2D eigenvalue weighted by Crippen LogP contribution is -2.37. The van der Waals surface area contributed by atoms with E-state index in [0.29, 0.717) is 18.7 Å². The van der Waals surface area contributed by atoms with Crippen LogP contribution in [0, 0.1) is 5.92 Å². The van der Waals surface area contributed by atoms with E-state index in [2.05, 4.69) is 5.32 Å². The average molecular weight is 388 g/mol. The molecule has 0 saturated carbocycles. The van der Waals surface area contributed by atoms with E-state index in [-0.39, 0.29) is 17.7 Å². The predicted molar refractivity (Wildman–Crippen MR) is 112 cm³/mol. The number of carbonyl (C=O) groups excluding carboxylic acids is 2. The molecular formula is C24H24N2O3. The molecule has 0 unspecified atom stereocenters. The van der Waals surface area contributed by atoms with Crippen molar-refractivity contribution in [2.45, 2.75) is 26.8 Å². The molecule has 29 heavy (non-hydrogen) atoms. The van der Waals surface area contributed by atoms with E-state index >= 15 is 0 Å². The normalized spacial score (nSPS) is 13.3. The van der Waals surface area contributed by atoms with E-state index in [4.69, 9.17) is 4.42 Å². The maximum absolute atomic E-state index is 12.3. The maximum atomic E-state index is 12.3. The van der Waals surface area contributed by atoms with Gasteiger partial charge in [-0.25, -0.2) is 0 Å². The first-order chi connectivity index (χ1) is 14.0. The van der Waals surface area contributed by atoms with Crippen LogP contribution in [0.3, 0.4) is 0 Å². The zero-order chi connectivity index (χ0) is 20.4. The van der Waals surface area contributed by atoms with Crippen LogP contribution in [0.2, 0.25) is 0 Å². The van der Waals surface area contributed by atoms with Crippen LogP contribution in [0.5, 0.6) is 0 Å². The second-order valence-electron chi connectivity index (χ2n) is 7.62. The number of benzene rings is 2. The van der Waals surface area contributed by atoms with Gasteiger partial charge in [0.25, 0.3) is 5.91 Å². The van der Waals surface area contributed by atoms with Crippen molar-refractivity contribution in [3.05, 3.63) is 77.6 Å². The van der Waals surface area contributed by atoms with Gasteiger partial charge in [-0.3, -0.25) is 9.59 Å². The lowest BCUT2D eigenvalue weighted by molar-refractivity contribution is -0.135. The summed E-state index contributed by atoms with van der Waals surface area (Å²) in [6, 6.07) is 18.7. The molecule has 3 aromatic rings. The highest BCUT2D eigenvalue weighted by Crippen LogP contribution is 2.30. The molecule has 2 heterocycles. The zero-order valence-electron chi connectivity index (χ0n) is 16.6. The van der Waals surface area contributed by atoms with Crippen molar-refractivity contribution in [2.75, 3.05) is 11.9 Å². The number of hydrogen-bond donors (Lipinski definition) is 1. The van der Waals surface area contributed by atoms with E-state index in [1.54, 1.807) is 12.1 Å². The van der Waals surface area contributed by atoms with Crippen molar-refractivity contribution >= 4 is 17.5 Å². The molecule has 1 aliphatic heterocycles. The van der Waals surface area contributed by atoms with Gasteiger partial charge >= 0.3 is 0 Å². The van der Waals surface area contributed by atoms with Crippen molar-refractivity contribution in [2.24, 2.45) is 5.92 Å². The fraction of sp³-hybridized carbons (Fsp3) is 0.250. The number of nitrogens with zero attached hydrogens (tertiary/aromatic N) is 1. The number of anilines is 1. The Balaban J connectivity index is 1.46. The Labute approximate surface area is 170 Å².